The van der Waals surface area contributed by atoms with E-state index in [1.165, 1.54) is 51.4 Å². The molecular weight excluding hydrogens is 236 g/mol. The van der Waals surface area contributed by atoms with Gasteiger partial charge in [0.1, 0.15) is 11.5 Å². The molecule has 0 saturated carbocycles. The maximum absolute atomic E-state index is 11.7. The lowest BCUT2D eigenvalue weighted by molar-refractivity contribution is -0.118. The summed E-state index contributed by atoms with van der Waals surface area (Å²) < 4.78 is 5.17. The van der Waals surface area contributed by atoms with Gasteiger partial charge in [0.25, 0.3) is 0 Å². The summed E-state index contributed by atoms with van der Waals surface area (Å²) in [6.45, 7) is 2.25. The molecule has 0 amide bonds. The van der Waals surface area contributed by atoms with Crippen LogP contribution >= 0.6 is 0 Å². The van der Waals surface area contributed by atoms with Gasteiger partial charge in [-0.15, -0.1) is 0 Å². The van der Waals surface area contributed by atoms with Gasteiger partial charge in [0.05, 0.1) is 12.7 Å². The Hall–Kier alpha value is -1.05. The van der Waals surface area contributed by atoms with E-state index in [9.17, 15) is 4.79 Å². The molecule has 0 N–H and O–H groups in total. The van der Waals surface area contributed by atoms with Crippen molar-refractivity contribution in [1.29, 1.82) is 0 Å². The predicted octanol–water partition coefficient (Wildman–Crippen LogP) is 5.31. The van der Waals surface area contributed by atoms with Crippen molar-refractivity contribution >= 4 is 5.78 Å². The highest BCUT2D eigenvalue weighted by Gasteiger charge is 2.05. The summed E-state index contributed by atoms with van der Waals surface area (Å²) in [7, 11) is 0. The molecule has 0 aliphatic rings. The van der Waals surface area contributed by atoms with E-state index in [1.54, 1.807) is 6.26 Å². The molecule has 19 heavy (non-hydrogen) atoms. The van der Waals surface area contributed by atoms with Crippen LogP contribution in [0.25, 0.3) is 0 Å². The predicted molar refractivity (Wildman–Crippen MR) is 79.3 cm³/mol. The first-order valence-electron chi connectivity index (χ1n) is 7.87. The molecule has 0 fully saturated rings. The average Bonchev–Trinajstić information content (AvgIpc) is 2.89. The highest BCUT2D eigenvalue weighted by atomic mass is 16.3. The van der Waals surface area contributed by atoms with Crippen LogP contribution in [0.15, 0.2) is 22.8 Å². The molecule has 0 spiro atoms. The molecule has 0 aliphatic heterocycles. The zero-order valence-electron chi connectivity index (χ0n) is 12.3. The van der Waals surface area contributed by atoms with Crippen LogP contribution in [-0.2, 0) is 11.2 Å². The maximum atomic E-state index is 11.7. The minimum absolute atomic E-state index is 0.304. The van der Waals surface area contributed by atoms with E-state index in [1.807, 2.05) is 12.1 Å². The van der Waals surface area contributed by atoms with Crippen LogP contribution in [0.2, 0.25) is 0 Å². The molecule has 2 heteroatoms. The first kappa shape index (κ1) is 16.0. The Morgan fingerprint density at radius 1 is 1.00 bits per heavy atom. The quantitative estimate of drug-likeness (QED) is 0.479. The summed E-state index contributed by atoms with van der Waals surface area (Å²) in [5, 5.41) is 0. The molecule has 0 unspecified atom stereocenters. The third kappa shape index (κ3) is 8.63. The normalized spacial score (nSPS) is 10.8. The van der Waals surface area contributed by atoms with Crippen molar-refractivity contribution in [3.8, 4) is 0 Å². The summed E-state index contributed by atoms with van der Waals surface area (Å²) >= 11 is 0. The number of ketones is 1. The molecule has 1 rings (SSSR count). The van der Waals surface area contributed by atoms with E-state index in [0.29, 0.717) is 18.6 Å². The molecule has 0 saturated heterocycles. The van der Waals surface area contributed by atoms with Crippen molar-refractivity contribution in [3.05, 3.63) is 24.2 Å². The number of carbonyl (C=O) groups excluding carboxylic acids is 1. The second kappa shape index (κ2) is 10.8. The summed E-state index contributed by atoms with van der Waals surface area (Å²) in [6, 6.07) is 3.70. The van der Waals surface area contributed by atoms with Crippen LogP contribution in [0, 0.1) is 0 Å². The highest BCUT2D eigenvalue weighted by Crippen LogP contribution is 2.11. The van der Waals surface area contributed by atoms with Crippen molar-refractivity contribution in [1.82, 2.24) is 0 Å². The highest BCUT2D eigenvalue weighted by molar-refractivity contribution is 5.80. The summed E-state index contributed by atoms with van der Waals surface area (Å²) in [6.07, 6.45) is 14.5. The number of carbonyl (C=O) groups is 1. The fourth-order valence-corrected chi connectivity index (χ4v) is 2.33. The zero-order valence-corrected chi connectivity index (χ0v) is 12.3. The molecule has 1 heterocycles. The second-order valence-corrected chi connectivity index (χ2v) is 5.37. The van der Waals surface area contributed by atoms with Crippen LogP contribution in [-0.4, -0.2) is 5.78 Å². The van der Waals surface area contributed by atoms with Crippen molar-refractivity contribution < 1.29 is 9.21 Å². The van der Waals surface area contributed by atoms with E-state index < -0.39 is 0 Å². The molecular formula is C17H28O2. The number of unbranched alkanes of at least 4 members (excludes halogenated alkanes) is 8. The van der Waals surface area contributed by atoms with E-state index in [2.05, 4.69) is 6.92 Å². The fourth-order valence-electron chi connectivity index (χ4n) is 2.33. The standard InChI is InChI=1S/C17H28O2/c1-2-3-4-5-6-7-8-9-10-12-16(18)15-17-13-11-14-19-17/h11,13-14H,2-10,12,15H2,1H3. The number of rotatable bonds is 12. The lowest BCUT2D eigenvalue weighted by Gasteiger charge is -2.01. The molecule has 2 nitrogen and oxygen atoms in total. The van der Waals surface area contributed by atoms with Crippen molar-refractivity contribution in [2.24, 2.45) is 0 Å². The van der Waals surface area contributed by atoms with Crippen LogP contribution in [0.1, 0.15) is 76.9 Å². The summed E-state index contributed by atoms with van der Waals surface area (Å²) in [4.78, 5) is 11.7. The zero-order chi connectivity index (χ0) is 13.8. The van der Waals surface area contributed by atoms with Gasteiger partial charge in [-0.05, 0) is 18.6 Å². The molecule has 0 bridgehead atoms. The fraction of sp³-hybridized carbons (Fsp3) is 0.706. The monoisotopic (exact) mass is 264 g/mol. The topological polar surface area (TPSA) is 30.2 Å². The molecule has 1 aromatic rings. The lowest BCUT2D eigenvalue weighted by Crippen LogP contribution is -2.01. The smallest absolute Gasteiger partial charge is 0.140 e. The van der Waals surface area contributed by atoms with Crippen LogP contribution in [0.5, 0.6) is 0 Å². The maximum Gasteiger partial charge on any atom is 0.140 e. The Balaban J connectivity index is 1.86. The average molecular weight is 264 g/mol. The van der Waals surface area contributed by atoms with Gasteiger partial charge in [-0.3, -0.25) is 4.79 Å². The SMILES string of the molecule is CCCCCCCCCCCC(=O)Cc1ccco1. The van der Waals surface area contributed by atoms with Gasteiger partial charge in [-0.1, -0.05) is 58.3 Å². The second-order valence-electron chi connectivity index (χ2n) is 5.37. The first-order valence-corrected chi connectivity index (χ1v) is 7.87. The lowest BCUT2D eigenvalue weighted by atomic mass is 10.0. The van der Waals surface area contributed by atoms with Gasteiger partial charge in [-0.2, -0.15) is 0 Å². The molecule has 0 aliphatic carbocycles. The Bertz CT molecular complexity index is 314. The van der Waals surface area contributed by atoms with Crippen molar-refractivity contribution in [2.45, 2.75) is 77.6 Å². The van der Waals surface area contributed by atoms with Crippen molar-refractivity contribution in [2.75, 3.05) is 0 Å². The number of furan rings is 1. The number of Topliss-reactive ketones (excluding diaryl/α,β-unsaturated/α-hetero) is 1. The molecule has 1 aromatic heterocycles. The Morgan fingerprint density at radius 2 is 1.63 bits per heavy atom. The Labute approximate surface area is 117 Å². The van der Waals surface area contributed by atoms with Gasteiger partial charge in [0.2, 0.25) is 0 Å². The van der Waals surface area contributed by atoms with Gasteiger partial charge < -0.3 is 4.42 Å². The molecule has 0 aromatic carbocycles. The van der Waals surface area contributed by atoms with Crippen molar-refractivity contribution in [3.63, 3.8) is 0 Å². The number of hydrogen-bond acceptors (Lipinski definition) is 2. The molecule has 108 valence electrons. The van der Waals surface area contributed by atoms with Gasteiger partial charge >= 0.3 is 0 Å². The van der Waals surface area contributed by atoms with E-state index >= 15 is 0 Å². The van der Waals surface area contributed by atoms with Crippen LogP contribution in [0.4, 0.5) is 0 Å². The van der Waals surface area contributed by atoms with Crippen LogP contribution in [0.3, 0.4) is 0 Å². The van der Waals surface area contributed by atoms with Gasteiger partial charge in [0, 0.05) is 6.42 Å². The van der Waals surface area contributed by atoms with E-state index in [-0.39, 0.29) is 0 Å². The Morgan fingerprint density at radius 3 is 2.21 bits per heavy atom. The minimum atomic E-state index is 0.304. The van der Waals surface area contributed by atoms with E-state index in [4.69, 9.17) is 4.42 Å². The number of hydrogen-bond donors (Lipinski definition) is 0. The summed E-state index contributed by atoms with van der Waals surface area (Å²) in [5.74, 6) is 1.10. The van der Waals surface area contributed by atoms with Gasteiger partial charge in [0.15, 0.2) is 0 Å². The largest absolute Gasteiger partial charge is 0.469 e. The summed E-state index contributed by atoms with van der Waals surface area (Å²) in [5.41, 5.74) is 0. The third-order valence-electron chi connectivity index (χ3n) is 3.51. The first-order chi connectivity index (χ1) is 9.33. The van der Waals surface area contributed by atoms with Crippen LogP contribution < -0.4 is 0 Å². The molecule has 0 atom stereocenters. The van der Waals surface area contributed by atoms with E-state index in [0.717, 1.165) is 12.2 Å². The minimum Gasteiger partial charge on any atom is -0.469 e. The van der Waals surface area contributed by atoms with Gasteiger partial charge in [-0.25, -0.2) is 0 Å². The molecule has 0 radical (unpaired) electrons. The Kier molecular flexibility index (Phi) is 9.13. The third-order valence-corrected chi connectivity index (χ3v) is 3.51.